The van der Waals surface area contributed by atoms with E-state index < -0.39 is 0 Å². The van der Waals surface area contributed by atoms with Gasteiger partial charge in [0.15, 0.2) is 5.16 Å². The molecule has 0 spiro atoms. The Morgan fingerprint density at radius 1 is 1.03 bits per heavy atom. The van der Waals surface area contributed by atoms with Crippen molar-refractivity contribution >= 4 is 17.7 Å². The lowest BCUT2D eigenvalue weighted by Crippen LogP contribution is -2.38. The molecule has 2 heterocycles. The first-order valence-electron chi connectivity index (χ1n) is 9.95. The van der Waals surface area contributed by atoms with Crippen LogP contribution in [0, 0.1) is 6.92 Å². The number of thioether (sulfide) groups is 1. The highest BCUT2D eigenvalue weighted by Crippen LogP contribution is 2.32. The van der Waals surface area contributed by atoms with Crippen molar-refractivity contribution in [1.82, 2.24) is 14.8 Å². The largest absolute Gasteiger partial charge is 0.494 e. The van der Waals surface area contributed by atoms with E-state index in [1.807, 2.05) is 25.1 Å². The van der Waals surface area contributed by atoms with Crippen molar-refractivity contribution in [3.8, 4) is 11.4 Å². The molecule has 7 heteroatoms. The van der Waals surface area contributed by atoms with E-state index in [0.29, 0.717) is 19.8 Å². The summed E-state index contributed by atoms with van der Waals surface area (Å²) < 4.78 is 13.5. The highest BCUT2D eigenvalue weighted by atomic mass is 32.2. The van der Waals surface area contributed by atoms with E-state index >= 15 is 0 Å². The van der Waals surface area contributed by atoms with Crippen LogP contribution < -0.4 is 9.64 Å². The Morgan fingerprint density at radius 3 is 2.59 bits per heavy atom. The van der Waals surface area contributed by atoms with Crippen LogP contribution in [0.15, 0.2) is 53.7 Å². The zero-order chi connectivity index (χ0) is 20.1. The Morgan fingerprint density at radius 2 is 1.79 bits per heavy atom. The van der Waals surface area contributed by atoms with E-state index in [2.05, 4.69) is 56.9 Å². The molecule has 152 valence electrons. The van der Waals surface area contributed by atoms with Crippen molar-refractivity contribution in [3.05, 3.63) is 59.7 Å². The number of anilines is 1. The molecule has 1 aliphatic heterocycles. The third kappa shape index (κ3) is 4.41. The summed E-state index contributed by atoms with van der Waals surface area (Å²) in [4.78, 5) is 2.25. The highest BCUT2D eigenvalue weighted by Gasteiger charge is 2.22. The predicted molar refractivity (Wildman–Crippen MR) is 116 cm³/mol. The van der Waals surface area contributed by atoms with Crippen molar-refractivity contribution in [2.45, 2.75) is 24.8 Å². The van der Waals surface area contributed by atoms with Crippen LogP contribution in [0.1, 0.15) is 18.1 Å². The molecule has 6 nitrogen and oxygen atoms in total. The van der Waals surface area contributed by atoms with Crippen LogP contribution in [0.5, 0.6) is 5.75 Å². The molecular weight excluding hydrogens is 384 g/mol. The van der Waals surface area contributed by atoms with Gasteiger partial charge in [-0.25, -0.2) is 0 Å². The lowest BCUT2D eigenvalue weighted by Gasteiger charge is -2.28. The van der Waals surface area contributed by atoms with E-state index in [1.54, 1.807) is 11.8 Å². The molecule has 0 atom stereocenters. The molecule has 29 heavy (non-hydrogen) atoms. The molecule has 2 aromatic carbocycles. The van der Waals surface area contributed by atoms with Gasteiger partial charge in [-0.2, -0.15) is 0 Å². The molecule has 1 fully saturated rings. The molecule has 3 aromatic rings. The smallest absolute Gasteiger partial charge is 0.232 e. The number of hydrogen-bond acceptors (Lipinski definition) is 6. The van der Waals surface area contributed by atoms with Gasteiger partial charge < -0.3 is 14.4 Å². The van der Waals surface area contributed by atoms with Crippen LogP contribution in [0.25, 0.3) is 5.69 Å². The Hall–Kier alpha value is -2.51. The number of aromatic nitrogens is 3. The number of para-hydroxylation sites is 2. The summed E-state index contributed by atoms with van der Waals surface area (Å²) in [7, 11) is 0. The highest BCUT2D eigenvalue weighted by molar-refractivity contribution is 7.98. The van der Waals surface area contributed by atoms with Gasteiger partial charge in [0.05, 0.1) is 25.5 Å². The number of nitrogens with zero attached hydrogens (tertiary/aromatic N) is 4. The first kappa shape index (κ1) is 19.8. The molecule has 1 saturated heterocycles. The molecule has 0 unspecified atom stereocenters. The van der Waals surface area contributed by atoms with Gasteiger partial charge in [0.1, 0.15) is 5.75 Å². The number of morpholine rings is 1. The van der Waals surface area contributed by atoms with E-state index in [4.69, 9.17) is 9.47 Å². The maximum absolute atomic E-state index is 5.78. The summed E-state index contributed by atoms with van der Waals surface area (Å²) >= 11 is 1.68. The summed E-state index contributed by atoms with van der Waals surface area (Å²) in [5.41, 5.74) is 3.46. The van der Waals surface area contributed by atoms with Crippen molar-refractivity contribution in [1.29, 1.82) is 0 Å². The second-order valence-corrected chi connectivity index (χ2v) is 7.78. The molecular formula is C22H26N4O2S. The minimum atomic E-state index is 0.655. The molecule has 1 aromatic heterocycles. The summed E-state index contributed by atoms with van der Waals surface area (Å²) in [5.74, 6) is 2.57. The molecule has 0 amide bonds. The van der Waals surface area contributed by atoms with Crippen molar-refractivity contribution in [2.24, 2.45) is 0 Å². The van der Waals surface area contributed by atoms with Crippen LogP contribution in [0.3, 0.4) is 0 Å². The number of benzene rings is 2. The fourth-order valence-electron chi connectivity index (χ4n) is 3.41. The number of hydrogen-bond donors (Lipinski definition) is 0. The van der Waals surface area contributed by atoms with Crippen molar-refractivity contribution in [2.75, 3.05) is 37.8 Å². The van der Waals surface area contributed by atoms with E-state index in [9.17, 15) is 0 Å². The average Bonchev–Trinajstić information content (AvgIpc) is 3.18. The SMILES string of the molecule is CCOc1ccccc1CSc1nnc(N2CCOCC2)n1-c1ccccc1C. The predicted octanol–water partition coefficient (Wildman–Crippen LogP) is 4.10. The summed E-state index contributed by atoms with van der Waals surface area (Å²) in [6.07, 6.45) is 0. The molecule has 1 aliphatic rings. The first-order chi connectivity index (χ1) is 14.3. The Bertz CT molecular complexity index is 953. The Labute approximate surface area is 175 Å². The van der Waals surface area contributed by atoms with Crippen LogP contribution in [-0.2, 0) is 10.5 Å². The lowest BCUT2D eigenvalue weighted by atomic mass is 10.2. The van der Waals surface area contributed by atoms with E-state index in [1.165, 1.54) is 5.56 Å². The first-order valence-corrected chi connectivity index (χ1v) is 10.9. The molecule has 0 bridgehead atoms. The third-order valence-corrected chi connectivity index (χ3v) is 5.87. The maximum atomic E-state index is 5.78. The fourth-order valence-corrected chi connectivity index (χ4v) is 4.34. The van der Waals surface area contributed by atoms with Crippen LogP contribution in [0.2, 0.25) is 0 Å². The number of rotatable bonds is 7. The zero-order valence-corrected chi connectivity index (χ0v) is 17.7. The quantitative estimate of drug-likeness (QED) is 0.547. The zero-order valence-electron chi connectivity index (χ0n) is 16.9. The van der Waals surface area contributed by atoms with Gasteiger partial charge in [0.2, 0.25) is 5.95 Å². The Kier molecular flexibility index (Phi) is 6.36. The van der Waals surface area contributed by atoms with Gasteiger partial charge in [-0.05, 0) is 31.5 Å². The third-order valence-electron chi connectivity index (χ3n) is 4.90. The van der Waals surface area contributed by atoms with Gasteiger partial charge in [0.25, 0.3) is 0 Å². The normalized spacial score (nSPS) is 14.2. The molecule has 0 radical (unpaired) electrons. The monoisotopic (exact) mass is 410 g/mol. The van der Waals surface area contributed by atoms with Crippen LogP contribution in [0.4, 0.5) is 5.95 Å². The maximum Gasteiger partial charge on any atom is 0.232 e. The minimum absolute atomic E-state index is 0.655. The average molecular weight is 411 g/mol. The fraction of sp³-hybridized carbons (Fsp3) is 0.364. The summed E-state index contributed by atoms with van der Waals surface area (Å²) in [6.45, 7) is 7.85. The van der Waals surface area contributed by atoms with Gasteiger partial charge in [-0.1, -0.05) is 48.2 Å². The molecule has 0 aliphatic carbocycles. The summed E-state index contributed by atoms with van der Waals surface area (Å²) in [6, 6.07) is 16.5. The van der Waals surface area contributed by atoms with Crippen LogP contribution >= 0.6 is 11.8 Å². The van der Waals surface area contributed by atoms with E-state index in [0.717, 1.165) is 46.9 Å². The minimum Gasteiger partial charge on any atom is -0.494 e. The molecule has 4 rings (SSSR count). The Balaban J connectivity index is 1.67. The lowest BCUT2D eigenvalue weighted by molar-refractivity contribution is 0.122. The second kappa shape index (κ2) is 9.33. The van der Waals surface area contributed by atoms with Gasteiger partial charge in [0, 0.05) is 24.4 Å². The molecule has 0 N–H and O–H groups in total. The van der Waals surface area contributed by atoms with Crippen LogP contribution in [-0.4, -0.2) is 47.7 Å². The van der Waals surface area contributed by atoms with Gasteiger partial charge in [-0.15, -0.1) is 10.2 Å². The van der Waals surface area contributed by atoms with Gasteiger partial charge in [-0.3, -0.25) is 4.57 Å². The van der Waals surface area contributed by atoms with Gasteiger partial charge >= 0.3 is 0 Å². The molecule has 0 saturated carbocycles. The van der Waals surface area contributed by atoms with E-state index in [-0.39, 0.29) is 0 Å². The number of aryl methyl sites for hydroxylation is 1. The topological polar surface area (TPSA) is 52.4 Å². The van der Waals surface area contributed by atoms with Crippen molar-refractivity contribution in [3.63, 3.8) is 0 Å². The standard InChI is InChI=1S/C22H26N4O2S/c1-3-28-20-11-7-5-9-18(20)16-29-22-24-23-21(25-12-14-27-15-13-25)26(22)19-10-6-4-8-17(19)2/h4-11H,3,12-16H2,1-2H3. The van der Waals surface area contributed by atoms with Crippen molar-refractivity contribution < 1.29 is 9.47 Å². The number of ether oxygens (including phenoxy) is 2. The summed E-state index contributed by atoms with van der Waals surface area (Å²) in [5, 5.41) is 9.99. The second-order valence-electron chi connectivity index (χ2n) is 6.83.